The fourth-order valence-corrected chi connectivity index (χ4v) is 1.55. The van der Waals surface area contributed by atoms with E-state index in [0.717, 1.165) is 17.5 Å². The lowest BCUT2D eigenvalue weighted by molar-refractivity contribution is 0.486. The molecule has 12 heavy (non-hydrogen) atoms. The van der Waals surface area contributed by atoms with Crippen molar-refractivity contribution in [2.75, 3.05) is 0 Å². The molecule has 2 rings (SSSR count). The van der Waals surface area contributed by atoms with Crippen LogP contribution in [0, 0.1) is 5.82 Å². The molecule has 64 valence electrons. The molecule has 1 aromatic rings. The summed E-state index contributed by atoms with van der Waals surface area (Å²) in [6, 6.07) is 0.432. The number of rotatable bonds is 0. The van der Waals surface area contributed by atoms with Crippen molar-refractivity contribution >= 4 is 0 Å². The second-order valence-corrected chi connectivity index (χ2v) is 3.25. The Morgan fingerprint density at radius 3 is 3.25 bits per heavy atom. The molecule has 1 aliphatic rings. The predicted octanol–water partition coefficient (Wildman–Crippen LogP) is 1.25. The Morgan fingerprint density at radius 1 is 1.58 bits per heavy atom. The van der Waals surface area contributed by atoms with E-state index < -0.39 is 0 Å². The smallest absolute Gasteiger partial charge is 0.146 e. The van der Waals surface area contributed by atoms with Gasteiger partial charge in [-0.25, -0.2) is 4.39 Å². The summed E-state index contributed by atoms with van der Waals surface area (Å²) in [6.45, 7) is 2.72. The average Bonchev–Trinajstić information content (AvgIpc) is 2.04. The molecule has 1 aromatic heterocycles. The Hall–Kier alpha value is -0.960. The Morgan fingerprint density at radius 2 is 2.42 bits per heavy atom. The van der Waals surface area contributed by atoms with Gasteiger partial charge in [-0.15, -0.1) is 0 Å². The molecule has 1 atom stereocenters. The fourth-order valence-electron chi connectivity index (χ4n) is 1.55. The zero-order valence-electron chi connectivity index (χ0n) is 6.97. The molecule has 0 aliphatic carbocycles. The maximum Gasteiger partial charge on any atom is 0.146 e. The zero-order chi connectivity index (χ0) is 8.55. The number of hydrogen-bond acceptors (Lipinski definition) is 2. The Balaban J connectivity index is 2.42. The number of aromatic nitrogens is 1. The van der Waals surface area contributed by atoms with Gasteiger partial charge in [-0.3, -0.25) is 4.98 Å². The first kappa shape index (κ1) is 7.68. The van der Waals surface area contributed by atoms with Gasteiger partial charge in [-0.05, 0) is 18.9 Å². The Bertz CT molecular complexity index is 299. The molecule has 0 fully saturated rings. The summed E-state index contributed by atoms with van der Waals surface area (Å²) in [5, 5.41) is 3.21. The second kappa shape index (κ2) is 2.83. The first-order chi connectivity index (χ1) is 5.77. The van der Waals surface area contributed by atoms with Crippen LogP contribution in [0.2, 0.25) is 0 Å². The summed E-state index contributed by atoms with van der Waals surface area (Å²) in [5.74, 6) is -0.188. The first-order valence-electron chi connectivity index (χ1n) is 4.12. The van der Waals surface area contributed by atoms with E-state index in [0.29, 0.717) is 12.6 Å². The van der Waals surface area contributed by atoms with E-state index in [1.165, 1.54) is 6.20 Å². The van der Waals surface area contributed by atoms with Gasteiger partial charge in [-0.1, -0.05) is 0 Å². The van der Waals surface area contributed by atoms with E-state index >= 15 is 0 Å². The van der Waals surface area contributed by atoms with E-state index in [-0.39, 0.29) is 5.82 Å². The van der Waals surface area contributed by atoms with Gasteiger partial charge < -0.3 is 5.32 Å². The molecule has 2 nitrogen and oxygen atoms in total. The number of hydrogen-bond donors (Lipinski definition) is 1. The van der Waals surface area contributed by atoms with E-state index in [2.05, 4.69) is 17.2 Å². The Kier molecular flexibility index (Phi) is 1.81. The summed E-state index contributed by atoms with van der Waals surface area (Å²) in [5.41, 5.74) is 1.82. The normalized spacial score (nSPS) is 22.0. The molecule has 0 amide bonds. The van der Waals surface area contributed by atoms with Crippen molar-refractivity contribution in [2.45, 2.75) is 25.9 Å². The van der Waals surface area contributed by atoms with E-state index in [1.54, 1.807) is 6.20 Å². The lowest BCUT2D eigenvalue weighted by Crippen LogP contribution is -2.33. The SMILES string of the molecule is C[C@H]1Cc2cncc(F)c2CN1. The van der Waals surface area contributed by atoms with Crippen LogP contribution in [0.5, 0.6) is 0 Å². The van der Waals surface area contributed by atoms with Crippen LogP contribution < -0.4 is 5.32 Å². The van der Waals surface area contributed by atoms with Crippen molar-refractivity contribution in [3.8, 4) is 0 Å². The summed E-state index contributed by atoms with van der Waals surface area (Å²) in [7, 11) is 0. The van der Waals surface area contributed by atoms with Gasteiger partial charge in [0.15, 0.2) is 0 Å². The zero-order valence-corrected chi connectivity index (χ0v) is 6.97. The van der Waals surface area contributed by atoms with Crippen LogP contribution in [-0.4, -0.2) is 11.0 Å². The summed E-state index contributed by atoms with van der Waals surface area (Å²) in [6.07, 6.45) is 3.91. The van der Waals surface area contributed by atoms with Crippen LogP contribution in [0.15, 0.2) is 12.4 Å². The highest BCUT2D eigenvalue weighted by atomic mass is 19.1. The van der Waals surface area contributed by atoms with Crippen LogP contribution in [-0.2, 0) is 13.0 Å². The topological polar surface area (TPSA) is 24.9 Å². The van der Waals surface area contributed by atoms with Gasteiger partial charge in [0.05, 0.1) is 6.20 Å². The summed E-state index contributed by atoms with van der Waals surface area (Å²) >= 11 is 0. The van der Waals surface area contributed by atoms with Crippen molar-refractivity contribution in [3.05, 3.63) is 29.3 Å². The van der Waals surface area contributed by atoms with Crippen molar-refractivity contribution in [1.29, 1.82) is 0 Å². The molecule has 1 aliphatic heterocycles. The third-order valence-electron chi connectivity index (χ3n) is 2.25. The van der Waals surface area contributed by atoms with Gasteiger partial charge in [0.25, 0.3) is 0 Å². The molecule has 0 bridgehead atoms. The quantitative estimate of drug-likeness (QED) is 0.627. The maximum absolute atomic E-state index is 13.1. The highest BCUT2D eigenvalue weighted by molar-refractivity contribution is 5.27. The molecular weight excluding hydrogens is 155 g/mol. The van der Waals surface area contributed by atoms with Gasteiger partial charge >= 0.3 is 0 Å². The largest absolute Gasteiger partial charge is 0.310 e. The van der Waals surface area contributed by atoms with Gasteiger partial charge in [0.1, 0.15) is 5.82 Å². The molecule has 1 N–H and O–H groups in total. The molecule has 3 heteroatoms. The molecule has 0 saturated heterocycles. The lowest BCUT2D eigenvalue weighted by atomic mass is 9.99. The van der Waals surface area contributed by atoms with Crippen LogP contribution in [0.4, 0.5) is 4.39 Å². The molecule has 0 spiro atoms. The van der Waals surface area contributed by atoms with Crippen molar-refractivity contribution in [2.24, 2.45) is 0 Å². The monoisotopic (exact) mass is 166 g/mol. The minimum Gasteiger partial charge on any atom is -0.310 e. The van der Waals surface area contributed by atoms with Crippen LogP contribution in [0.25, 0.3) is 0 Å². The Labute approximate surface area is 70.8 Å². The van der Waals surface area contributed by atoms with Gasteiger partial charge in [-0.2, -0.15) is 0 Å². The fraction of sp³-hybridized carbons (Fsp3) is 0.444. The minimum atomic E-state index is -0.188. The molecule has 0 saturated carbocycles. The summed E-state index contributed by atoms with van der Waals surface area (Å²) < 4.78 is 13.1. The average molecular weight is 166 g/mol. The number of nitrogens with one attached hydrogen (secondary N) is 1. The van der Waals surface area contributed by atoms with Crippen LogP contribution in [0.1, 0.15) is 18.1 Å². The van der Waals surface area contributed by atoms with E-state index in [1.807, 2.05) is 0 Å². The molecule has 2 heterocycles. The lowest BCUT2D eigenvalue weighted by Gasteiger charge is -2.22. The van der Waals surface area contributed by atoms with E-state index in [9.17, 15) is 4.39 Å². The number of pyridine rings is 1. The molecule has 0 aromatic carbocycles. The summed E-state index contributed by atoms with van der Waals surface area (Å²) in [4.78, 5) is 3.83. The van der Waals surface area contributed by atoms with Crippen molar-refractivity contribution in [3.63, 3.8) is 0 Å². The number of nitrogens with zero attached hydrogens (tertiary/aromatic N) is 1. The predicted molar refractivity (Wildman–Crippen MR) is 44.2 cm³/mol. The standard InChI is InChI=1S/C9H11FN2/c1-6-2-7-3-11-5-9(10)8(7)4-12-6/h3,5-6,12H,2,4H2,1H3/t6-/m0/s1. The van der Waals surface area contributed by atoms with Gasteiger partial charge in [0, 0.05) is 24.3 Å². The van der Waals surface area contributed by atoms with Crippen molar-refractivity contribution < 1.29 is 4.39 Å². The molecule has 0 radical (unpaired) electrons. The van der Waals surface area contributed by atoms with Crippen LogP contribution >= 0.6 is 0 Å². The van der Waals surface area contributed by atoms with Gasteiger partial charge in [0.2, 0.25) is 0 Å². The number of fused-ring (bicyclic) bond motifs is 1. The molecular formula is C9H11FN2. The minimum absolute atomic E-state index is 0.188. The third-order valence-corrected chi connectivity index (χ3v) is 2.25. The van der Waals surface area contributed by atoms with Crippen molar-refractivity contribution in [1.82, 2.24) is 10.3 Å². The molecule has 0 unspecified atom stereocenters. The van der Waals surface area contributed by atoms with E-state index in [4.69, 9.17) is 0 Å². The first-order valence-corrected chi connectivity index (χ1v) is 4.12. The highest BCUT2D eigenvalue weighted by Gasteiger charge is 2.17. The highest BCUT2D eigenvalue weighted by Crippen LogP contribution is 2.17. The second-order valence-electron chi connectivity index (χ2n) is 3.25. The maximum atomic E-state index is 13.1. The van der Waals surface area contributed by atoms with Crippen LogP contribution in [0.3, 0.4) is 0 Å². The third kappa shape index (κ3) is 1.20. The number of halogens is 1.